The van der Waals surface area contributed by atoms with Crippen LogP contribution in [0, 0.1) is 0 Å². The van der Waals surface area contributed by atoms with Gasteiger partial charge in [0.15, 0.2) is 0 Å². The maximum absolute atomic E-state index is 12.4. The average Bonchev–Trinajstić information content (AvgIpc) is 2.57. The maximum Gasteiger partial charge on any atom is 0.237 e. The van der Waals surface area contributed by atoms with E-state index in [9.17, 15) is 4.79 Å². The molecule has 1 saturated heterocycles. The molecule has 1 aliphatic heterocycles. The molecule has 3 rings (SSSR count). The molecular formula is C18H27N3O. The first kappa shape index (κ1) is 15.5. The molecule has 1 amide bonds. The van der Waals surface area contributed by atoms with E-state index in [0.29, 0.717) is 18.5 Å². The largest absolute Gasteiger partial charge is 0.337 e. The fourth-order valence-corrected chi connectivity index (χ4v) is 3.76. The summed E-state index contributed by atoms with van der Waals surface area (Å²) in [5.74, 6) is 0.347. The summed E-state index contributed by atoms with van der Waals surface area (Å²) in [6, 6.07) is 4.64. The van der Waals surface area contributed by atoms with Crippen LogP contribution >= 0.6 is 0 Å². The molecule has 1 saturated carbocycles. The summed E-state index contributed by atoms with van der Waals surface area (Å²) in [4.78, 5) is 21.0. The zero-order chi connectivity index (χ0) is 15.2. The monoisotopic (exact) mass is 301 g/mol. The normalized spacial score (nSPS) is 21.3. The minimum atomic E-state index is 0.347. The van der Waals surface area contributed by atoms with E-state index >= 15 is 0 Å². The third kappa shape index (κ3) is 4.07. The zero-order valence-corrected chi connectivity index (χ0v) is 13.4. The summed E-state index contributed by atoms with van der Waals surface area (Å²) in [5.41, 5.74) is 1.29. The predicted octanol–water partition coefficient (Wildman–Crippen LogP) is 2.49. The molecule has 120 valence electrons. The molecule has 0 spiro atoms. The molecule has 22 heavy (non-hydrogen) atoms. The van der Waals surface area contributed by atoms with E-state index in [-0.39, 0.29) is 0 Å². The molecule has 2 fully saturated rings. The van der Waals surface area contributed by atoms with E-state index in [4.69, 9.17) is 0 Å². The summed E-state index contributed by atoms with van der Waals surface area (Å²) >= 11 is 0. The van der Waals surface area contributed by atoms with Gasteiger partial charge < -0.3 is 4.90 Å². The third-order valence-corrected chi connectivity index (χ3v) is 5.01. The lowest BCUT2D eigenvalue weighted by Crippen LogP contribution is -2.54. The number of pyridine rings is 1. The van der Waals surface area contributed by atoms with E-state index in [1.54, 1.807) is 0 Å². The van der Waals surface area contributed by atoms with Gasteiger partial charge in [-0.15, -0.1) is 0 Å². The lowest BCUT2D eigenvalue weighted by molar-refractivity contribution is -0.139. The molecule has 0 atom stereocenters. The fourth-order valence-electron chi connectivity index (χ4n) is 3.76. The van der Waals surface area contributed by atoms with E-state index < -0.39 is 0 Å². The summed E-state index contributed by atoms with van der Waals surface area (Å²) in [6.45, 7) is 3.59. The van der Waals surface area contributed by atoms with Gasteiger partial charge in [-0.25, -0.2) is 0 Å². The Labute approximate surface area is 133 Å². The van der Waals surface area contributed by atoms with Crippen LogP contribution in [0.1, 0.15) is 44.1 Å². The Hall–Kier alpha value is -1.42. The molecule has 2 heterocycles. The number of aryl methyl sites for hydroxylation is 1. The number of piperazine rings is 1. The molecule has 0 N–H and O–H groups in total. The summed E-state index contributed by atoms with van der Waals surface area (Å²) in [7, 11) is 0. The van der Waals surface area contributed by atoms with Crippen molar-refractivity contribution in [1.82, 2.24) is 14.8 Å². The van der Waals surface area contributed by atoms with Crippen LogP contribution in [0.25, 0.3) is 0 Å². The van der Waals surface area contributed by atoms with E-state index in [0.717, 1.165) is 32.5 Å². The molecule has 0 unspecified atom stereocenters. The number of aromatic nitrogens is 1. The number of carbonyl (C=O) groups is 1. The van der Waals surface area contributed by atoms with Gasteiger partial charge in [0.25, 0.3) is 0 Å². The highest BCUT2D eigenvalue weighted by atomic mass is 16.2. The van der Waals surface area contributed by atoms with Gasteiger partial charge in [-0.2, -0.15) is 0 Å². The van der Waals surface area contributed by atoms with Gasteiger partial charge in [0, 0.05) is 31.5 Å². The second-order valence-electron chi connectivity index (χ2n) is 6.62. The second kappa shape index (κ2) is 7.73. The van der Waals surface area contributed by atoms with Crippen molar-refractivity contribution in [2.75, 3.05) is 26.2 Å². The Balaban J connectivity index is 1.41. The Bertz CT molecular complexity index is 470. The maximum atomic E-state index is 12.4. The summed E-state index contributed by atoms with van der Waals surface area (Å²) in [6.07, 6.45) is 12.3. The Morgan fingerprint density at radius 1 is 1.18 bits per heavy atom. The average molecular weight is 301 g/mol. The van der Waals surface area contributed by atoms with Crippen LogP contribution in [-0.4, -0.2) is 52.9 Å². The van der Waals surface area contributed by atoms with Crippen molar-refractivity contribution in [2.24, 2.45) is 0 Å². The topological polar surface area (TPSA) is 36.4 Å². The number of nitrogens with zero attached hydrogens (tertiary/aromatic N) is 3. The van der Waals surface area contributed by atoms with Crippen LogP contribution in [0.15, 0.2) is 24.5 Å². The molecule has 4 heteroatoms. The smallest absolute Gasteiger partial charge is 0.237 e. The van der Waals surface area contributed by atoms with Crippen LogP contribution in [0.4, 0.5) is 0 Å². The van der Waals surface area contributed by atoms with Crippen LogP contribution in [0.5, 0.6) is 0 Å². The predicted molar refractivity (Wildman–Crippen MR) is 87.6 cm³/mol. The van der Waals surface area contributed by atoms with Gasteiger partial charge in [-0.3, -0.25) is 14.7 Å². The van der Waals surface area contributed by atoms with Gasteiger partial charge in [-0.05, 0) is 43.9 Å². The van der Waals surface area contributed by atoms with E-state index in [1.807, 2.05) is 18.5 Å². The molecule has 0 radical (unpaired) electrons. The van der Waals surface area contributed by atoms with Crippen LogP contribution in [0.3, 0.4) is 0 Å². The molecule has 2 aliphatic rings. The minimum Gasteiger partial charge on any atom is -0.337 e. The van der Waals surface area contributed by atoms with Crippen molar-refractivity contribution in [3.05, 3.63) is 30.1 Å². The van der Waals surface area contributed by atoms with Crippen molar-refractivity contribution >= 4 is 5.91 Å². The quantitative estimate of drug-likeness (QED) is 0.838. The molecule has 1 aliphatic carbocycles. The number of carbonyl (C=O) groups excluding carboxylic acids is 1. The number of hydrogen-bond acceptors (Lipinski definition) is 3. The highest BCUT2D eigenvalue weighted by Gasteiger charge is 2.29. The van der Waals surface area contributed by atoms with E-state index in [2.05, 4.69) is 20.9 Å². The molecule has 1 aromatic rings. The Morgan fingerprint density at radius 3 is 2.77 bits per heavy atom. The van der Waals surface area contributed by atoms with Crippen LogP contribution in [-0.2, 0) is 11.2 Å². The molecule has 0 bridgehead atoms. The summed E-state index contributed by atoms with van der Waals surface area (Å²) < 4.78 is 0. The van der Waals surface area contributed by atoms with Crippen LogP contribution in [0.2, 0.25) is 0 Å². The van der Waals surface area contributed by atoms with Crippen molar-refractivity contribution < 1.29 is 4.79 Å². The highest BCUT2D eigenvalue weighted by molar-refractivity contribution is 5.79. The molecule has 1 aromatic heterocycles. The van der Waals surface area contributed by atoms with Gasteiger partial charge in [-0.1, -0.05) is 25.3 Å². The van der Waals surface area contributed by atoms with Crippen molar-refractivity contribution in [3.8, 4) is 0 Å². The first-order chi connectivity index (χ1) is 10.8. The highest BCUT2D eigenvalue weighted by Crippen LogP contribution is 2.24. The SMILES string of the molecule is O=C1CN(CCCc2cccnc2)CCN1C1CCCCC1. The Kier molecular flexibility index (Phi) is 5.43. The van der Waals surface area contributed by atoms with E-state index in [1.165, 1.54) is 37.7 Å². The van der Waals surface area contributed by atoms with Crippen molar-refractivity contribution in [2.45, 2.75) is 51.0 Å². The van der Waals surface area contributed by atoms with Gasteiger partial charge in [0.2, 0.25) is 5.91 Å². The molecule has 0 aromatic carbocycles. The number of amides is 1. The fraction of sp³-hybridized carbons (Fsp3) is 0.667. The Morgan fingerprint density at radius 2 is 2.05 bits per heavy atom. The molecule has 4 nitrogen and oxygen atoms in total. The lowest BCUT2D eigenvalue weighted by atomic mass is 9.93. The first-order valence-corrected chi connectivity index (χ1v) is 8.73. The van der Waals surface area contributed by atoms with Crippen LogP contribution < -0.4 is 0 Å². The number of hydrogen-bond donors (Lipinski definition) is 0. The second-order valence-corrected chi connectivity index (χ2v) is 6.62. The van der Waals surface area contributed by atoms with Crippen molar-refractivity contribution in [1.29, 1.82) is 0 Å². The van der Waals surface area contributed by atoms with Gasteiger partial charge in [0.05, 0.1) is 6.54 Å². The first-order valence-electron chi connectivity index (χ1n) is 8.73. The molecular weight excluding hydrogens is 274 g/mol. The zero-order valence-electron chi connectivity index (χ0n) is 13.4. The van der Waals surface area contributed by atoms with Crippen molar-refractivity contribution in [3.63, 3.8) is 0 Å². The summed E-state index contributed by atoms with van der Waals surface area (Å²) in [5, 5.41) is 0. The lowest BCUT2D eigenvalue weighted by Gasteiger charge is -2.40. The standard InChI is InChI=1S/C18H27N3O/c22-18-15-20(11-5-7-16-6-4-10-19-14-16)12-13-21(18)17-8-2-1-3-9-17/h4,6,10,14,17H,1-3,5,7-9,11-13,15H2. The van der Waals surface area contributed by atoms with Gasteiger partial charge in [0.1, 0.15) is 0 Å². The third-order valence-electron chi connectivity index (χ3n) is 5.01. The van der Waals surface area contributed by atoms with Gasteiger partial charge >= 0.3 is 0 Å². The number of rotatable bonds is 5. The minimum absolute atomic E-state index is 0.347.